The molecule has 34 heavy (non-hydrogen) atoms. The summed E-state index contributed by atoms with van der Waals surface area (Å²) in [4.78, 5) is 0. The molecule has 0 saturated carbocycles. The van der Waals surface area contributed by atoms with E-state index in [1.54, 1.807) is 0 Å². The van der Waals surface area contributed by atoms with Crippen LogP contribution in [0.1, 0.15) is 0 Å². The van der Waals surface area contributed by atoms with Crippen molar-refractivity contribution in [3.63, 3.8) is 0 Å². The van der Waals surface area contributed by atoms with E-state index in [4.69, 9.17) is 0 Å². The molecule has 0 N–H and O–H groups in total. The van der Waals surface area contributed by atoms with Crippen LogP contribution in [0.25, 0.3) is 32.3 Å². The molecule has 6 aromatic carbocycles. The predicted molar refractivity (Wildman–Crippen MR) is 152 cm³/mol. The van der Waals surface area contributed by atoms with Crippen molar-refractivity contribution in [1.82, 2.24) is 0 Å². The van der Waals surface area contributed by atoms with Gasteiger partial charge in [-0.2, -0.15) is 0 Å². The summed E-state index contributed by atoms with van der Waals surface area (Å²) >= 11 is -3.04. The second kappa shape index (κ2) is 8.64. The molecule has 0 amide bonds. The predicted octanol–water partition coefficient (Wildman–Crippen LogP) is 6.80. The Labute approximate surface area is 203 Å². The molecule has 1 heteroatoms. The molecular formula is C33H26As. The van der Waals surface area contributed by atoms with E-state index < -0.39 is 13.6 Å². The van der Waals surface area contributed by atoms with Gasteiger partial charge in [0.1, 0.15) is 0 Å². The Morgan fingerprint density at radius 3 is 1.12 bits per heavy atom. The van der Waals surface area contributed by atoms with Gasteiger partial charge in [-0.05, 0) is 0 Å². The Morgan fingerprint density at radius 2 is 0.765 bits per heavy atom. The van der Waals surface area contributed by atoms with E-state index in [-0.39, 0.29) is 0 Å². The zero-order valence-electron chi connectivity index (χ0n) is 19.1. The van der Waals surface area contributed by atoms with Crippen LogP contribution in [0.5, 0.6) is 0 Å². The average molecular weight is 497 g/mol. The molecule has 0 fully saturated rings. The molecule has 0 spiro atoms. The van der Waals surface area contributed by atoms with Crippen LogP contribution in [0.3, 0.4) is 0 Å². The molecule has 0 aliphatic heterocycles. The Morgan fingerprint density at radius 1 is 0.441 bits per heavy atom. The molecule has 0 bridgehead atoms. The minimum absolute atomic E-state index is 0.967. The van der Waals surface area contributed by atoms with E-state index in [9.17, 15) is 0 Å². The summed E-state index contributed by atoms with van der Waals surface area (Å²) in [7, 11) is 0. The topological polar surface area (TPSA) is 0 Å². The standard InChI is InChI=1S/C33H26As/c1-2-24-34(31-21-9-15-25-12-3-6-18-28(25)31,32-22-10-16-26-13-4-7-19-29(26)32)33-23-11-17-27-14-5-8-20-30(27)33/h2-23H,1,24H2. The van der Waals surface area contributed by atoms with Gasteiger partial charge in [0.2, 0.25) is 0 Å². The van der Waals surface area contributed by atoms with E-state index in [0.717, 1.165) is 5.21 Å². The fourth-order valence-corrected chi connectivity index (χ4v) is 15.2. The first kappa shape index (κ1) is 21.0. The van der Waals surface area contributed by atoms with Crippen LogP contribution in [0.15, 0.2) is 140 Å². The van der Waals surface area contributed by atoms with Crippen LogP contribution in [0.2, 0.25) is 5.21 Å². The second-order valence-electron chi connectivity index (χ2n) is 8.78. The third-order valence-electron chi connectivity index (χ3n) is 6.94. The number of benzene rings is 6. The number of hydrogen-bond acceptors (Lipinski definition) is 0. The number of hydrogen-bond donors (Lipinski definition) is 0. The molecule has 6 aromatic rings. The quantitative estimate of drug-likeness (QED) is 0.182. The summed E-state index contributed by atoms with van der Waals surface area (Å²) < 4.78 is 4.47. The second-order valence-corrected chi connectivity index (χ2v) is 16.0. The van der Waals surface area contributed by atoms with Crippen molar-refractivity contribution in [2.75, 3.05) is 0 Å². The van der Waals surface area contributed by atoms with Crippen molar-refractivity contribution in [2.24, 2.45) is 0 Å². The first-order valence-electron chi connectivity index (χ1n) is 11.8. The monoisotopic (exact) mass is 497 g/mol. The van der Waals surface area contributed by atoms with Gasteiger partial charge >= 0.3 is 204 Å². The Kier molecular flexibility index (Phi) is 5.33. The third kappa shape index (κ3) is 3.22. The van der Waals surface area contributed by atoms with Crippen molar-refractivity contribution in [2.45, 2.75) is 5.21 Å². The molecule has 0 unspecified atom stereocenters. The van der Waals surface area contributed by atoms with Crippen LogP contribution in [-0.2, 0) is 0 Å². The van der Waals surface area contributed by atoms with E-state index in [1.165, 1.54) is 45.4 Å². The van der Waals surface area contributed by atoms with Crippen molar-refractivity contribution < 1.29 is 0 Å². The fourth-order valence-electron chi connectivity index (χ4n) is 5.50. The molecule has 1 radical (unpaired) electrons. The minimum atomic E-state index is -3.04. The third-order valence-corrected chi connectivity index (χ3v) is 16.3. The van der Waals surface area contributed by atoms with Crippen LogP contribution in [0.4, 0.5) is 0 Å². The van der Waals surface area contributed by atoms with Gasteiger partial charge in [-0.3, -0.25) is 0 Å². The molecule has 0 aliphatic rings. The summed E-state index contributed by atoms with van der Waals surface area (Å²) in [6.07, 6.45) is 2.16. The molecule has 163 valence electrons. The maximum atomic E-state index is 4.31. The van der Waals surface area contributed by atoms with Crippen LogP contribution < -0.4 is 13.1 Å². The molecule has 0 aromatic heterocycles. The van der Waals surface area contributed by atoms with Crippen LogP contribution >= 0.6 is 0 Å². The first-order chi connectivity index (χ1) is 16.8. The summed E-state index contributed by atoms with van der Waals surface area (Å²) in [6.45, 7) is 4.31. The molecule has 0 heterocycles. The Balaban J connectivity index is 1.85. The van der Waals surface area contributed by atoms with Gasteiger partial charge in [-0.25, -0.2) is 0 Å². The van der Waals surface area contributed by atoms with E-state index in [0.29, 0.717) is 0 Å². The maximum absolute atomic E-state index is 4.31. The summed E-state index contributed by atoms with van der Waals surface area (Å²) in [6, 6.07) is 47.2. The van der Waals surface area contributed by atoms with Gasteiger partial charge in [-0.1, -0.05) is 0 Å². The zero-order chi connectivity index (χ0) is 23.0. The molecule has 6 rings (SSSR count). The summed E-state index contributed by atoms with van der Waals surface area (Å²) in [5.41, 5.74) is 0. The number of fused-ring (bicyclic) bond motifs is 3. The molecular weight excluding hydrogens is 471 g/mol. The van der Waals surface area contributed by atoms with E-state index in [2.05, 4.69) is 140 Å². The van der Waals surface area contributed by atoms with E-state index >= 15 is 0 Å². The van der Waals surface area contributed by atoms with Crippen LogP contribution in [-0.4, -0.2) is 13.6 Å². The number of rotatable bonds is 5. The van der Waals surface area contributed by atoms with Gasteiger partial charge in [0.25, 0.3) is 0 Å². The van der Waals surface area contributed by atoms with Gasteiger partial charge in [0.15, 0.2) is 0 Å². The molecule has 0 aliphatic carbocycles. The van der Waals surface area contributed by atoms with Crippen LogP contribution in [0, 0.1) is 0 Å². The van der Waals surface area contributed by atoms with Gasteiger partial charge < -0.3 is 0 Å². The Hall–Kier alpha value is -3.60. The van der Waals surface area contributed by atoms with Crippen molar-refractivity contribution in [3.05, 3.63) is 140 Å². The average Bonchev–Trinajstić information content (AvgIpc) is 2.91. The van der Waals surface area contributed by atoms with Gasteiger partial charge in [-0.15, -0.1) is 0 Å². The summed E-state index contributed by atoms with van der Waals surface area (Å²) in [5.74, 6) is 0. The first-order valence-corrected chi connectivity index (χ1v) is 15.9. The molecule has 0 atom stereocenters. The van der Waals surface area contributed by atoms with Crippen molar-refractivity contribution >= 4 is 58.9 Å². The fraction of sp³-hybridized carbons (Fsp3) is 0.0303. The van der Waals surface area contributed by atoms with Crippen molar-refractivity contribution in [3.8, 4) is 0 Å². The van der Waals surface area contributed by atoms with E-state index in [1.807, 2.05) is 0 Å². The normalized spacial score (nSPS) is 11.8. The summed E-state index contributed by atoms with van der Waals surface area (Å²) in [5, 5.41) is 8.95. The molecule has 0 nitrogen and oxygen atoms in total. The Bertz CT molecular complexity index is 1450. The number of allylic oxidation sites excluding steroid dienone is 1. The van der Waals surface area contributed by atoms with Crippen molar-refractivity contribution in [1.29, 1.82) is 0 Å². The molecule has 0 saturated heterocycles. The zero-order valence-corrected chi connectivity index (χ0v) is 20.9. The SMILES string of the molecule is C=CC[As](c1cccc2ccccc12)(c1cccc2ccccc12)c1cccc2ccccc12. The van der Waals surface area contributed by atoms with Gasteiger partial charge in [0, 0.05) is 0 Å². The van der Waals surface area contributed by atoms with Gasteiger partial charge in [0.05, 0.1) is 0 Å².